The van der Waals surface area contributed by atoms with Gasteiger partial charge < -0.3 is 0 Å². The highest BCUT2D eigenvalue weighted by Crippen LogP contribution is 2.54. The highest BCUT2D eigenvalue weighted by atomic mass is 31.1. The topological polar surface area (TPSA) is 0 Å². The zero-order chi connectivity index (χ0) is 19.1. The van der Waals surface area contributed by atoms with E-state index >= 15 is 0 Å². The number of allylic oxidation sites excluding steroid dienone is 1. The van der Waals surface area contributed by atoms with Crippen molar-refractivity contribution in [3.63, 3.8) is 0 Å². The van der Waals surface area contributed by atoms with Gasteiger partial charge in [-0.05, 0) is 66.1 Å². The van der Waals surface area contributed by atoms with Crippen molar-refractivity contribution in [3.05, 3.63) is 101 Å². The molecule has 0 amide bonds. The van der Waals surface area contributed by atoms with Crippen LogP contribution in [0.2, 0.25) is 0 Å². The van der Waals surface area contributed by atoms with Crippen LogP contribution in [0.5, 0.6) is 0 Å². The third-order valence-corrected chi connectivity index (χ3v) is 6.99. The summed E-state index contributed by atoms with van der Waals surface area (Å²) in [7, 11) is -1.58. The number of hydrogen-bond donors (Lipinski definition) is 0. The average molecular weight is 390 g/mol. The molecule has 4 rings (SSSR count). The molecule has 0 N–H and O–H groups in total. The number of hydrogen-bond acceptors (Lipinski definition) is 0. The molecule has 3 aromatic carbocycles. The van der Waals surface area contributed by atoms with Gasteiger partial charge in [0.05, 0.1) is 0 Å². The number of halogens is 5. The van der Waals surface area contributed by atoms with Gasteiger partial charge in [0, 0.05) is 17.8 Å². The SMILES string of the molecule is Fc1cc(F)cc(P(c2cc(F)cc(F)c2)C2C=Cc3cc(F)ccc32)c1. The summed E-state index contributed by atoms with van der Waals surface area (Å²) in [4.78, 5) is 0. The largest absolute Gasteiger partial charge is 0.207 e. The lowest BCUT2D eigenvalue weighted by Gasteiger charge is -2.26. The number of benzene rings is 3. The molecule has 0 radical (unpaired) electrons. The Bertz CT molecular complexity index is 968. The standard InChI is InChI=1S/C21H12F5P/c22-13-2-3-20-12(5-13)1-4-21(20)27(18-8-14(23)6-15(24)9-18)19-10-16(25)7-17(26)11-19/h1-11,21H. The molecule has 0 aromatic heterocycles. The summed E-state index contributed by atoms with van der Waals surface area (Å²) in [6.45, 7) is 0. The van der Waals surface area contributed by atoms with Crippen molar-refractivity contribution in [2.75, 3.05) is 0 Å². The molecule has 0 saturated heterocycles. The van der Waals surface area contributed by atoms with E-state index in [9.17, 15) is 22.0 Å². The van der Waals surface area contributed by atoms with Gasteiger partial charge in [-0.2, -0.15) is 0 Å². The maximum Gasteiger partial charge on any atom is 0.126 e. The van der Waals surface area contributed by atoms with Gasteiger partial charge in [-0.15, -0.1) is 0 Å². The van der Waals surface area contributed by atoms with E-state index in [1.54, 1.807) is 18.2 Å². The first-order valence-corrected chi connectivity index (χ1v) is 9.51. The fourth-order valence-corrected chi connectivity index (χ4v) is 6.07. The van der Waals surface area contributed by atoms with Crippen molar-refractivity contribution in [2.45, 2.75) is 5.66 Å². The van der Waals surface area contributed by atoms with Crippen LogP contribution in [0.1, 0.15) is 16.8 Å². The van der Waals surface area contributed by atoms with E-state index in [0.29, 0.717) is 16.2 Å². The molecule has 0 spiro atoms. The van der Waals surface area contributed by atoms with E-state index in [1.807, 2.05) is 0 Å². The van der Waals surface area contributed by atoms with Gasteiger partial charge in [-0.25, -0.2) is 22.0 Å². The van der Waals surface area contributed by atoms with Crippen LogP contribution in [0.15, 0.2) is 60.7 Å². The first kappa shape index (κ1) is 17.9. The highest BCUT2D eigenvalue weighted by molar-refractivity contribution is 7.73. The van der Waals surface area contributed by atoms with Crippen molar-refractivity contribution >= 4 is 24.6 Å². The second-order valence-electron chi connectivity index (χ2n) is 6.20. The van der Waals surface area contributed by atoms with Crippen molar-refractivity contribution in [1.29, 1.82) is 0 Å². The zero-order valence-electron chi connectivity index (χ0n) is 13.8. The predicted molar refractivity (Wildman–Crippen MR) is 97.1 cm³/mol. The van der Waals surface area contributed by atoms with E-state index in [0.717, 1.165) is 17.7 Å². The Kier molecular flexibility index (Phi) is 4.56. The third kappa shape index (κ3) is 3.52. The lowest BCUT2D eigenvalue weighted by molar-refractivity contribution is 0.585. The van der Waals surface area contributed by atoms with Gasteiger partial charge in [-0.1, -0.05) is 18.2 Å². The summed E-state index contributed by atoms with van der Waals surface area (Å²) in [5.74, 6) is -3.48. The molecule has 0 aliphatic heterocycles. The first-order chi connectivity index (χ1) is 12.9. The van der Waals surface area contributed by atoms with Crippen molar-refractivity contribution in [2.24, 2.45) is 0 Å². The Morgan fingerprint density at radius 2 is 1.11 bits per heavy atom. The minimum Gasteiger partial charge on any atom is -0.207 e. The fraction of sp³-hybridized carbons (Fsp3) is 0.0476. The van der Waals surface area contributed by atoms with Crippen LogP contribution in [-0.4, -0.2) is 0 Å². The maximum absolute atomic E-state index is 13.9. The lowest BCUT2D eigenvalue weighted by Crippen LogP contribution is -2.18. The van der Waals surface area contributed by atoms with Crippen molar-refractivity contribution in [1.82, 2.24) is 0 Å². The summed E-state index contributed by atoms with van der Waals surface area (Å²) in [6.07, 6.45) is 3.49. The van der Waals surface area contributed by atoms with Crippen LogP contribution in [0.4, 0.5) is 22.0 Å². The Balaban J connectivity index is 1.91. The van der Waals surface area contributed by atoms with E-state index in [2.05, 4.69) is 0 Å². The monoisotopic (exact) mass is 390 g/mol. The van der Waals surface area contributed by atoms with Gasteiger partial charge in [0.25, 0.3) is 0 Å². The molecule has 0 nitrogen and oxygen atoms in total. The minimum atomic E-state index is -1.58. The van der Waals surface area contributed by atoms with E-state index in [4.69, 9.17) is 0 Å². The molecule has 3 aromatic rings. The number of fused-ring (bicyclic) bond motifs is 1. The van der Waals surface area contributed by atoms with Crippen LogP contribution in [0, 0.1) is 29.1 Å². The maximum atomic E-state index is 13.9. The van der Waals surface area contributed by atoms with E-state index < -0.39 is 42.7 Å². The Labute approximate surface area is 153 Å². The Hall–Kier alpha value is -2.52. The number of rotatable bonds is 3. The van der Waals surface area contributed by atoms with Crippen LogP contribution in [0.3, 0.4) is 0 Å². The summed E-state index contributed by atoms with van der Waals surface area (Å²) >= 11 is 0. The molecule has 0 heterocycles. The van der Waals surface area contributed by atoms with Gasteiger partial charge in [0.2, 0.25) is 0 Å². The lowest BCUT2D eigenvalue weighted by atomic mass is 10.1. The minimum absolute atomic E-state index is 0.305. The highest BCUT2D eigenvalue weighted by Gasteiger charge is 2.30. The molecule has 136 valence electrons. The summed E-state index contributed by atoms with van der Waals surface area (Å²) in [5.41, 5.74) is 0.996. The van der Waals surface area contributed by atoms with Crippen LogP contribution in [-0.2, 0) is 0 Å². The molecular weight excluding hydrogens is 378 g/mol. The smallest absolute Gasteiger partial charge is 0.126 e. The molecule has 6 heteroatoms. The zero-order valence-corrected chi connectivity index (χ0v) is 14.7. The Morgan fingerprint density at radius 3 is 1.63 bits per heavy atom. The molecule has 1 unspecified atom stereocenters. The van der Waals surface area contributed by atoms with E-state index in [-0.39, 0.29) is 0 Å². The molecule has 1 atom stereocenters. The van der Waals surface area contributed by atoms with Crippen molar-refractivity contribution in [3.8, 4) is 0 Å². The molecule has 27 heavy (non-hydrogen) atoms. The summed E-state index contributed by atoms with van der Waals surface area (Å²) in [6, 6.07) is 10.4. The van der Waals surface area contributed by atoms with Gasteiger partial charge in [0.15, 0.2) is 0 Å². The second-order valence-corrected chi connectivity index (χ2v) is 8.53. The van der Waals surface area contributed by atoms with Gasteiger partial charge >= 0.3 is 0 Å². The van der Waals surface area contributed by atoms with Crippen molar-refractivity contribution < 1.29 is 22.0 Å². The normalized spacial score (nSPS) is 15.4. The fourth-order valence-electron chi connectivity index (χ4n) is 3.31. The Morgan fingerprint density at radius 1 is 0.593 bits per heavy atom. The summed E-state index contributed by atoms with van der Waals surface area (Å²) < 4.78 is 68.9. The first-order valence-electron chi connectivity index (χ1n) is 8.10. The van der Waals surface area contributed by atoms with E-state index in [1.165, 1.54) is 36.4 Å². The predicted octanol–water partition coefficient (Wildman–Crippen LogP) is 5.58. The second kappa shape index (κ2) is 6.90. The van der Waals surface area contributed by atoms with Crippen LogP contribution in [0.25, 0.3) is 6.08 Å². The van der Waals surface area contributed by atoms with Gasteiger partial charge in [-0.3, -0.25) is 0 Å². The molecule has 0 saturated carbocycles. The molecule has 1 aliphatic carbocycles. The summed E-state index contributed by atoms with van der Waals surface area (Å²) in [5, 5.41) is 0.610. The third-order valence-electron chi connectivity index (χ3n) is 4.35. The molecule has 0 bridgehead atoms. The molecule has 1 aliphatic rings. The quantitative estimate of drug-likeness (QED) is 0.404. The molecule has 0 fully saturated rings. The molecular formula is C21H12F5P. The van der Waals surface area contributed by atoms with Gasteiger partial charge in [0.1, 0.15) is 29.1 Å². The van der Waals surface area contributed by atoms with Crippen LogP contribution < -0.4 is 10.6 Å². The average Bonchev–Trinajstić information content (AvgIpc) is 2.96. The van der Waals surface area contributed by atoms with Crippen LogP contribution >= 0.6 is 7.92 Å².